The van der Waals surface area contributed by atoms with E-state index in [-0.39, 0.29) is 46.8 Å². The molecule has 2 aliphatic heterocycles. The fourth-order valence-corrected chi connectivity index (χ4v) is 9.41. The van der Waals surface area contributed by atoms with E-state index in [2.05, 4.69) is 46.3 Å². The van der Waals surface area contributed by atoms with Crippen molar-refractivity contribution in [1.29, 1.82) is 0 Å². The number of carbonyl (C=O) groups is 3. The standard InChI is InChI=1S/C48H62N14O4/c1-29(2)51-39-14-12-36(46(65)54-40-15-16-41(58-57-40)59(5)6)44(53-39)52-34-19-23-61(24-20-34)42(64)25-32-17-21-60(22-18-32)28-33-11-13-38(49-26-33)55-48-50-27-37-30(3)43(31(4)63)47(66)62(45(37)56-48)35-9-7-8-10-35/h11-16,26-27,29,32,34-35H,7-10,17-25,28H2,1-6H3,(H2,51,52,53)(H,54,57,65)(H,49,50,55,56). The van der Waals surface area contributed by atoms with Crippen LogP contribution < -0.4 is 31.7 Å². The topological polar surface area (TPSA) is 208 Å². The minimum Gasteiger partial charge on any atom is -0.368 e. The number of likely N-dealkylation sites (tertiary alicyclic amines) is 2. The van der Waals surface area contributed by atoms with E-state index in [0.717, 1.165) is 76.6 Å². The number of ketones is 1. The van der Waals surface area contributed by atoms with Crippen molar-refractivity contribution in [2.75, 3.05) is 66.4 Å². The Morgan fingerprint density at radius 2 is 1.56 bits per heavy atom. The van der Waals surface area contributed by atoms with Gasteiger partial charge in [0.25, 0.3) is 11.5 Å². The Bertz CT molecular complexity index is 2590. The van der Waals surface area contributed by atoms with Gasteiger partial charge in [0.2, 0.25) is 11.9 Å². The molecule has 66 heavy (non-hydrogen) atoms. The summed E-state index contributed by atoms with van der Waals surface area (Å²) in [5, 5.41) is 22.0. The molecule has 0 spiro atoms. The van der Waals surface area contributed by atoms with Crippen LogP contribution in [0.25, 0.3) is 11.0 Å². The normalized spacial score (nSPS) is 16.4. The van der Waals surface area contributed by atoms with Crippen LogP contribution in [0.1, 0.15) is 116 Å². The van der Waals surface area contributed by atoms with E-state index >= 15 is 0 Å². The SMILES string of the molecule is CC(=O)c1c(C)c2cnc(Nc3ccc(CN4CCC(CC(=O)N5CCC(Nc6nc(NC(C)C)ccc6C(=O)Nc6ccc(N(C)C)nn6)CC5)CC4)cn3)nc2n(C2CCCC2)c1=O. The Hall–Kier alpha value is -6.56. The smallest absolute Gasteiger partial charge is 0.263 e. The summed E-state index contributed by atoms with van der Waals surface area (Å²) >= 11 is 0. The highest BCUT2D eigenvalue weighted by Crippen LogP contribution is 2.32. The molecule has 0 radical (unpaired) electrons. The molecule has 1 aliphatic carbocycles. The quantitative estimate of drug-likeness (QED) is 0.0818. The average molecular weight is 899 g/mol. The zero-order valence-corrected chi connectivity index (χ0v) is 38.9. The molecule has 1 saturated carbocycles. The molecule has 5 aromatic heterocycles. The fraction of sp³-hybridized carbons (Fsp3) is 0.500. The molecule has 4 N–H and O–H groups in total. The van der Waals surface area contributed by atoms with Crippen molar-refractivity contribution in [2.45, 2.75) is 110 Å². The summed E-state index contributed by atoms with van der Waals surface area (Å²) in [6, 6.07) is 11.3. The summed E-state index contributed by atoms with van der Waals surface area (Å²) in [5.41, 5.74) is 2.58. The lowest BCUT2D eigenvalue weighted by Gasteiger charge is -2.35. The Morgan fingerprint density at radius 1 is 0.833 bits per heavy atom. The molecular weight excluding hydrogens is 837 g/mol. The summed E-state index contributed by atoms with van der Waals surface area (Å²) in [5.74, 6) is 3.09. The van der Waals surface area contributed by atoms with Crippen LogP contribution in [0.2, 0.25) is 0 Å². The zero-order valence-electron chi connectivity index (χ0n) is 38.9. The summed E-state index contributed by atoms with van der Waals surface area (Å²) in [4.78, 5) is 78.1. The third-order valence-corrected chi connectivity index (χ3v) is 13.0. The minimum atomic E-state index is -0.335. The molecule has 8 rings (SSSR count). The second-order valence-corrected chi connectivity index (χ2v) is 18.5. The highest BCUT2D eigenvalue weighted by Gasteiger charge is 2.29. The first-order chi connectivity index (χ1) is 31.8. The molecule has 0 aromatic carbocycles. The number of Topliss-reactive ketones (excluding diaryl/α,β-unsaturated/α-hetero) is 1. The van der Waals surface area contributed by atoms with Crippen LogP contribution in [0.4, 0.5) is 35.0 Å². The third kappa shape index (κ3) is 10.8. The predicted octanol–water partition coefficient (Wildman–Crippen LogP) is 6.59. The van der Waals surface area contributed by atoms with Crippen molar-refractivity contribution in [3.05, 3.63) is 81.4 Å². The molecule has 0 unspecified atom stereocenters. The molecule has 3 aliphatic rings. The van der Waals surface area contributed by atoms with E-state index in [1.165, 1.54) is 6.92 Å². The highest BCUT2D eigenvalue weighted by atomic mass is 16.2. The zero-order chi connectivity index (χ0) is 46.5. The maximum Gasteiger partial charge on any atom is 0.263 e. The number of aryl methyl sites for hydroxylation is 1. The van der Waals surface area contributed by atoms with Crippen molar-refractivity contribution < 1.29 is 14.4 Å². The molecule has 5 aromatic rings. The summed E-state index contributed by atoms with van der Waals surface area (Å²) in [7, 11) is 3.75. The second-order valence-electron chi connectivity index (χ2n) is 18.5. The number of nitrogens with zero attached hydrogens (tertiary/aromatic N) is 10. The maximum atomic E-state index is 13.6. The number of carbonyl (C=O) groups excluding carboxylic acids is 3. The number of aromatic nitrogens is 7. The van der Waals surface area contributed by atoms with Gasteiger partial charge in [-0.2, -0.15) is 4.98 Å². The molecule has 2 saturated heterocycles. The first-order valence-corrected chi connectivity index (χ1v) is 23.3. The van der Waals surface area contributed by atoms with Crippen molar-refractivity contribution in [3.8, 4) is 0 Å². The Morgan fingerprint density at radius 3 is 2.21 bits per heavy atom. The number of rotatable bonds is 15. The number of pyridine rings is 3. The molecule has 348 valence electrons. The number of anilines is 6. The van der Waals surface area contributed by atoms with Crippen molar-refractivity contribution in [3.63, 3.8) is 0 Å². The number of amides is 2. The predicted molar refractivity (Wildman–Crippen MR) is 257 cm³/mol. The van der Waals surface area contributed by atoms with Gasteiger partial charge in [0.05, 0.1) is 11.1 Å². The maximum absolute atomic E-state index is 13.6. The van der Waals surface area contributed by atoms with E-state index in [4.69, 9.17) is 9.97 Å². The van der Waals surface area contributed by atoms with Crippen LogP contribution in [-0.4, -0.2) is 114 Å². The molecule has 0 atom stereocenters. The lowest BCUT2D eigenvalue weighted by Crippen LogP contribution is -2.44. The van der Waals surface area contributed by atoms with Crippen molar-refractivity contribution in [1.82, 2.24) is 44.5 Å². The third-order valence-electron chi connectivity index (χ3n) is 13.0. The second kappa shape index (κ2) is 20.3. The average Bonchev–Trinajstić information content (AvgIpc) is 3.82. The minimum absolute atomic E-state index is 0.00482. The molecule has 3 fully saturated rings. The van der Waals surface area contributed by atoms with Crippen LogP contribution in [0.5, 0.6) is 0 Å². The fourth-order valence-electron chi connectivity index (χ4n) is 9.41. The van der Waals surface area contributed by atoms with Crippen LogP contribution in [0.3, 0.4) is 0 Å². The van der Waals surface area contributed by atoms with Gasteiger partial charge in [-0.25, -0.2) is 15.0 Å². The molecule has 18 heteroatoms. The van der Waals surface area contributed by atoms with Gasteiger partial charge in [-0.3, -0.25) is 28.6 Å². The van der Waals surface area contributed by atoms with Crippen LogP contribution >= 0.6 is 0 Å². The van der Waals surface area contributed by atoms with Gasteiger partial charge in [-0.05, 0) is 127 Å². The lowest BCUT2D eigenvalue weighted by molar-refractivity contribution is -0.133. The molecule has 7 heterocycles. The number of piperidine rings is 2. The van der Waals surface area contributed by atoms with Gasteiger partial charge in [-0.15, -0.1) is 10.2 Å². The van der Waals surface area contributed by atoms with Crippen LogP contribution in [-0.2, 0) is 11.3 Å². The number of fused-ring (bicyclic) bond motifs is 1. The van der Waals surface area contributed by atoms with Crippen molar-refractivity contribution >= 4 is 63.7 Å². The highest BCUT2D eigenvalue weighted by molar-refractivity contribution is 6.07. The molecular formula is C48H62N14O4. The molecule has 18 nitrogen and oxygen atoms in total. The van der Waals surface area contributed by atoms with E-state index in [9.17, 15) is 19.2 Å². The van der Waals surface area contributed by atoms with E-state index in [1.807, 2.05) is 56.1 Å². The Labute approximate surface area is 385 Å². The monoisotopic (exact) mass is 899 g/mol. The molecule has 0 bridgehead atoms. The van der Waals surface area contributed by atoms with E-state index in [0.29, 0.717) is 82.6 Å². The van der Waals surface area contributed by atoms with Gasteiger partial charge >= 0.3 is 0 Å². The summed E-state index contributed by atoms with van der Waals surface area (Å²) in [6.07, 6.45) is 11.3. The van der Waals surface area contributed by atoms with Crippen LogP contribution in [0.15, 0.2) is 53.6 Å². The van der Waals surface area contributed by atoms with Gasteiger partial charge in [0, 0.05) is 76.1 Å². The lowest BCUT2D eigenvalue weighted by atomic mass is 9.92. The number of hydrogen-bond acceptors (Lipinski definition) is 15. The number of nitrogens with one attached hydrogen (secondary N) is 4. The molecule has 2 amide bonds. The first-order valence-electron chi connectivity index (χ1n) is 23.3. The van der Waals surface area contributed by atoms with Gasteiger partial charge in [-0.1, -0.05) is 18.9 Å². The van der Waals surface area contributed by atoms with E-state index in [1.54, 1.807) is 42.0 Å². The van der Waals surface area contributed by atoms with Crippen LogP contribution in [0, 0.1) is 12.8 Å². The van der Waals surface area contributed by atoms with Gasteiger partial charge < -0.3 is 31.1 Å². The Balaban J connectivity index is 0.806. The largest absolute Gasteiger partial charge is 0.368 e. The summed E-state index contributed by atoms with van der Waals surface area (Å²) < 4.78 is 1.71. The first kappa shape index (κ1) is 46.0. The van der Waals surface area contributed by atoms with Gasteiger partial charge in [0.15, 0.2) is 17.4 Å². The Kier molecular flexibility index (Phi) is 14.2. The number of hydrogen-bond donors (Lipinski definition) is 4. The van der Waals surface area contributed by atoms with Gasteiger partial charge in [0.1, 0.15) is 23.1 Å². The summed E-state index contributed by atoms with van der Waals surface area (Å²) in [6.45, 7) is 11.2. The van der Waals surface area contributed by atoms with E-state index < -0.39 is 0 Å². The van der Waals surface area contributed by atoms with Crippen molar-refractivity contribution in [2.24, 2.45) is 5.92 Å².